The maximum atomic E-state index is 2.39. The second kappa shape index (κ2) is 15.7. The van der Waals surface area contributed by atoms with Gasteiger partial charge in [-0.3, -0.25) is 0 Å². The average Bonchev–Trinajstić information content (AvgIpc) is 3.90. The minimum absolute atomic E-state index is 0.362. The van der Waals surface area contributed by atoms with Gasteiger partial charge in [-0.15, -0.1) is 0 Å². The molecule has 2 nitrogen and oxygen atoms in total. The molecule has 2 heterocycles. The predicted molar refractivity (Wildman–Crippen MR) is 269 cm³/mol. The number of fused-ring (bicyclic) bond motifs is 6. The van der Waals surface area contributed by atoms with Crippen molar-refractivity contribution in [3.8, 4) is 50.2 Å². The first-order chi connectivity index (χ1) is 31.2. The van der Waals surface area contributed by atoms with Gasteiger partial charge >= 0.3 is 182 Å². The third-order valence-electron chi connectivity index (χ3n) is 12.4. The van der Waals surface area contributed by atoms with Crippen molar-refractivity contribution >= 4 is 72.7 Å². The molecular formula is C60H40N2Se. The fourth-order valence-electron chi connectivity index (χ4n) is 9.26. The number of hydrogen-bond acceptors (Lipinski definition) is 1. The van der Waals surface area contributed by atoms with Gasteiger partial charge in [-0.25, -0.2) is 0 Å². The van der Waals surface area contributed by atoms with Crippen molar-refractivity contribution in [2.75, 3.05) is 4.90 Å². The third kappa shape index (κ3) is 6.76. The molecule has 0 aliphatic heterocycles. The Hall–Kier alpha value is -7.68. The Morgan fingerprint density at radius 3 is 1.27 bits per heavy atom. The zero-order chi connectivity index (χ0) is 41.7. The molecule has 0 unspecified atom stereocenters. The van der Waals surface area contributed by atoms with Crippen LogP contribution >= 0.6 is 0 Å². The van der Waals surface area contributed by atoms with Crippen LogP contribution in [0, 0.1) is 0 Å². The topological polar surface area (TPSA) is 8.17 Å². The summed E-state index contributed by atoms with van der Waals surface area (Å²) in [5, 5.41) is 5.27. The standard InChI is InChI=1S/C60H40N2Se/c1-3-11-41(12-4-1)42-19-21-43(22-20-42)44-23-31-50(32-24-44)61(52-35-27-46(28-36-52)48-30-38-60-56(40-48)54-16-8-10-18-59(54)63-60)51-33-25-45(26-34-51)47-29-37-58-55(39-47)53-15-7-9-17-57(53)62(58)49-13-5-2-6-14-49/h1-40H. The molecule has 63 heavy (non-hydrogen) atoms. The van der Waals surface area contributed by atoms with Crippen molar-refractivity contribution < 1.29 is 0 Å². The minimum atomic E-state index is 0.362. The third-order valence-corrected chi connectivity index (χ3v) is 14.8. The molecule has 0 N–H and O–H groups in total. The van der Waals surface area contributed by atoms with Crippen LogP contribution < -0.4 is 4.90 Å². The van der Waals surface area contributed by atoms with Gasteiger partial charge in [0.2, 0.25) is 0 Å². The van der Waals surface area contributed by atoms with Crippen molar-refractivity contribution in [2.45, 2.75) is 0 Å². The number of benzene rings is 10. The van der Waals surface area contributed by atoms with Gasteiger partial charge in [-0.05, 0) is 63.7 Å². The van der Waals surface area contributed by atoms with E-state index in [-0.39, 0.29) is 0 Å². The van der Waals surface area contributed by atoms with E-state index in [1.807, 2.05) is 0 Å². The van der Waals surface area contributed by atoms with Crippen molar-refractivity contribution in [1.29, 1.82) is 0 Å². The molecule has 0 aliphatic rings. The predicted octanol–water partition coefficient (Wildman–Crippen LogP) is 16.3. The van der Waals surface area contributed by atoms with Crippen LogP contribution in [0.1, 0.15) is 0 Å². The van der Waals surface area contributed by atoms with Gasteiger partial charge < -0.3 is 4.57 Å². The van der Waals surface area contributed by atoms with Gasteiger partial charge in [-0.2, -0.15) is 0 Å². The molecule has 0 saturated carbocycles. The van der Waals surface area contributed by atoms with Crippen LogP contribution in [0.25, 0.3) is 91.3 Å². The summed E-state index contributed by atoms with van der Waals surface area (Å²) in [5.41, 5.74) is 16.6. The Labute approximate surface area is 372 Å². The van der Waals surface area contributed by atoms with Gasteiger partial charge in [0.1, 0.15) is 0 Å². The van der Waals surface area contributed by atoms with Gasteiger partial charge in [0.05, 0.1) is 11.0 Å². The van der Waals surface area contributed by atoms with Crippen molar-refractivity contribution in [3.05, 3.63) is 243 Å². The quantitative estimate of drug-likeness (QED) is 0.138. The Morgan fingerprint density at radius 1 is 0.270 bits per heavy atom. The normalized spacial score (nSPS) is 11.5. The fraction of sp³-hybridized carbons (Fsp3) is 0. The van der Waals surface area contributed by atoms with Crippen LogP contribution in [-0.2, 0) is 0 Å². The monoisotopic (exact) mass is 868 g/mol. The summed E-state index contributed by atoms with van der Waals surface area (Å²) in [6, 6.07) is 88.7. The van der Waals surface area contributed by atoms with Crippen LogP contribution in [0.4, 0.5) is 17.1 Å². The van der Waals surface area contributed by atoms with Crippen LogP contribution in [0.5, 0.6) is 0 Å². The SMILES string of the molecule is c1ccc(-c2ccc(-c3ccc(N(c4ccc(-c5ccc6[se]c7ccccc7c6c5)cc4)c4ccc(-c5ccc6c(c5)c5ccccc5n6-c5ccccc5)cc4)cc3)cc2)cc1. The average molecular weight is 868 g/mol. The van der Waals surface area contributed by atoms with Gasteiger partial charge in [0.15, 0.2) is 0 Å². The van der Waals surface area contributed by atoms with E-state index >= 15 is 0 Å². The van der Waals surface area contributed by atoms with Gasteiger partial charge in [0.25, 0.3) is 0 Å². The molecule has 10 aromatic carbocycles. The second-order valence-corrected chi connectivity index (χ2v) is 18.4. The zero-order valence-corrected chi connectivity index (χ0v) is 36.1. The summed E-state index contributed by atoms with van der Waals surface area (Å²) >= 11 is 0.362. The number of aromatic nitrogens is 1. The molecule has 0 spiro atoms. The van der Waals surface area contributed by atoms with E-state index in [0.29, 0.717) is 14.5 Å². The number of anilines is 3. The van der Waals surface area contributed by atoms with E-state index in [1.54, 1.807) is 0 Å². The summed E-state index contributed by atoms with van der Waals surface area (Å²) in [6.07, 6.45) is 0. The molecule has 12 aromatic rings. The van der Waals surface area contributed by atoms with E-state index in [0.717, 1.165) is 17.1 Å². The molecule has 0 atom stereocenters. The van der Waals surface area contributed by atoms with Gasteiger partial charge in [0, 0.05) is 16.5 Å². The first-order valence-corrected chi connectivity index (χ1v) is 23.2. The Balaban J connectivity index is 0.906. The number of hydrogen-bond donors (Lipinski definition) is 0. The van der Waals surface area contributed by atoms with E-state index in [2.05, 4.69) is 252 Å². The molecule has 296 valence electrons. The van der Waals surface area contributed by atoms with E-state index < -0.39 is 0 Å². The van der Waals surface area contributed by atoms with Crippen LogP contribution in [-0.4, -0.2) is 19.1 Å². The van der Waals surface area contributed by atoms with E-state index in [9.17, 15) is 0 Å². The summed E-state index contributed by atoms with van der Waals surface area (Å²) < 4.78 is 5.31. The Bertz CT molecular complexity index is 3570. The van der Waals surface area contributed by atoms with Gasteiger partial charge in [-0.1, -0.05) is 97.1 Å². The Kier molecular flexibility index (Phi) is 9.22. The summed E-state index contributed by atoms with van der Waals surface area (Å²) in [6.45, 7) is 0. The minimum Gasteiger partial charge on any atom is -0.0617 e. The van der Waals surface area contributed by atoms with Crippen LogP contribution in [0.15, 0.2) is 243 Å². The first-order valence-electron chi connectivity index (χ1n) is 21.5. The maximum absolute atomic E-state index is 2.39. The van der Waals surface area contributed by atoms with E-state index in [1.165, 1.54) is 91.3 Å². The Morgan fingerprint density at radius 2 is 0.667 bits per heavy atom. The zero-order valence-electron chi connectivity index (χ0n) is 34.4. The molecule has 0 radical (unpaired) electrons. The molecule has 3 heteroatoms. The first kappa shape index (κ1) is 37.1. The summed E-state index contributed by atoms with van der Waals surface area (Å²) in [5.74, 6) is 0. The van der Waals surface area contributed by atoms with E-state index in [4.69, 9.17) is 0 Å². The molecule has 0 fully saturated rings. The molecule has 0 aliphatic carbocycles. The molecular weight excluding hydrogens is 828 g/mol. The smallest absolute Gasteiger partial charge is 0.0617 e. The molecule has 12 rings (SSSR count). The van der Waals surface area contributed by atoms with Crippen molar-refractivity contribution in [1.82, 2.24) is 4.57 Å². The van der Waals surface area contributed by atoms with Crippen molar-refractivity contribution in [2.24, 2.45) is 0 Å². The molecule has 0 bridgehead atoms. The number of rotatable bonds is 8. The van der Waals surface area contributed by atoms with Crippen LogP contribution in [0.3, 0.4) is 0 Å². The number of para-hydroxylation sites is 2. The molecule has 0 amide bonds. The molecule has 0 saturated heterocycles. The summed E-state index contributed by atoms with van der Waals surface area (Å²) in [7, 11) is 0. The fourth-order valence-corrected chi connectivity index (χ4v) is 11.5. The number of nitrogens with zero attached hydrogens (tertiary/aromatic N) is 2. The summed E-state index contributed by atoms with van der Waals surface area (Å²) in [4.78, 5) is 2.37. The van der Waals surface area contributed by atoms with Crippen LogP contribution in [0.2, 0.25) is 0 Å². The second-order valence-electron chi connectivity index (χ2n) is 16.1. The van der Waals surface area contributed by atoms with Crippen molar-refractivity contribution in [3.63, 3.8) is 0 Å². The molecule has 2 aromatic heterocycles.